The van der Waals surface area contributed by atoms with Crippen LogP contribution in [0.5, 0.6) is 0 Å². The van der Waals surface area contributed by atoms with E-state index in [4.69, 9.17) is 11.6 Å². The lowest BCUT2D eigenvalue weighted by atomic mass is 10.3. The van der Waals surface area contributed by atoms with E-state index in [0.717, 1.165) is 13.0 Å². The summed E-state index contributed by atoms with van der Waals surface area (Å²) in [5, 5.41) is 3.35. The monoisotopic (exact) mass is 260 g/mol. The molecular formula is C10H13ClN2O2S. The Balaban J connectivity index is 2.21. The first-order valence-electron chi connectivity index (χ1n) is 5.07. The number of rotatable bonds is 3. The second kappa shape index (κ2) is 4.71. The van der Waals surface area contributed by atoms with Crippen LogP contribution in [0.2, 0.25) is 5.02 Å². The maximum absolute atomic E-state index is 12.0. The van der Waals surface area contributed by atoms with Crippen molar-refractivity contribution in [2.24, 2.45) is 0 Å². The fourth-order valence-electron chi connectivity index (χ4n) is 1.70. The van der Waals surface area contributed by atoms with Crippen LogP contribution in [0.15, 0.2) is 29.2 Å². The summed E-state index contributed by atoms with van der Waals surface area (Å²) < 4.78 is 26.6. The molecule has 4 nitrogen and oxygen atoms in total. The molecule has 16 heavy (non-hydrogen) atoms. The Bertz CT molecular complexity index is 469. The molecule has 0 aliphatic carbocycles. The van der Waals surface area contributed by atoms with Crippen LogP contribution in [0.4, 0.5) is 0 Å². The normalized spacial score (nSPS) is 21.2. The molecule has 6 heteroatoms. The highest BCUT2D eigenvalue weighted by molar-refractivity contribution is 7.89. The lowest BCUT2D eigenvalue weighted by Gasteiger charge is -2.12. The molecule has 1 fully saturated rings. The minimum atomic E-state index is -3.50. The van der Waals surface area contributed by atoms with Gasteiger partial charge in [0.25, 0.3) is 0 Å². The minimum Gasteiger partial charge on any atom is -0.315 e. The van der Waals surface area contributed by atoms with Crippen LogP contribution < -0.4 is 10.0 Å². The smallest absolute Gasteiger partial charge is 0.242 e. The summed E-state index contributed by atoms with van der Waals surface area (Å²) >= 11 is 5.86. The molecular weight excluding hydrogens is 248 g/mol. The van der Waals surface area contributed by atoms with Gasteiger partial charge < -0.3 is 5.32 Å². The fourth-order valence-corrected chi connectivity index (χ4v) is 3.49. The molecule has 1 atom stereocenters. The van der Waals surface area contributed by atoms with Gasteiger partial charge >= 0.3 is 0 Å². The summed E-state index contributed by atoms with van der Waals surface area (Å²) in [6, 6.07) is 6.41. The first-order chi connectivity index (χ1) is 7.59. The maximum Gasteiger partial charge on any atom is 0.242 e. The van der Waals surface area contributed by atoms with Gasteiger partial charge in [-0.3, -0.25) is 0 Å². The first kappa shape index (κ1) is 11.9. The molecule has 0 radical (unpaired) electrons. The summed E-state index contributed by atoms with van der Waals surface area (Å²) in [6.07, 6.45) is 0.809. The van der Waals surface area contributed by atoms with Gasteiger partial charge in [-0.15, -0.1) is 0 Å². The second-order valence-electron chi connectivity index (χ2n) is 3.74. The van der Waals surface area contributed by atoms with E-state index in [0.29, 0.717) is 6.54 Å². The third-order valence-electron chi connectivity index (χ3n) is 2.51. The van der Waals surface area contributed by atoms with Crippen LogP contribution in [0.1, 0.15) is 6.42 Å². The maximum atomic E-state index is 12.0. The van der Waals surface area contributed by atoms with E-state index in [1.165, 1.54) is 6.07 Å². The van der Waals surface area contributed by atoms with Crippen molar-refractivity contribution in [2.75, 3.05) is 13.1 Å². The Kier molecular flexibility index (Phi) is 3.49. The van der Waals surface area contributed by atoms with Crippen LogP contribution in [0.25, 0.3) is 0 Å². The topological polar surface area (TPSA) is 58.2 Å². The van der Waals surface area contributed by atoms with Crippen LogP contribution in [0, 0.1) is 0 Å². The Hall–Kier alpha value is -0.620. The summed E-state index contributed by atoms with van der Waals surface area (Å²) in [5.74, 6) is 0. The van der Waals surface area contributed by atoms with Crippen LogP contribution in [-0.2, 0) is 10.0 Å². The largest absolute Gasteiger partial charge is 0.315 e. The predicted octanol–water partition coefficient (Wildman–Crippen LogP) is 0.980. The summed E-state index contributed by atoms with van der Waals surface area (Å²) in [5.41, 5.74) is 0. The van der Waals surface area contributed by atoms with E-state index in [9.17, 15) is 8.42 Å². The molecule has 0 spiro atoms. The summed E-state index contributed by atoms with van der Waals surface area (Å²) in [6.45, 7) is 1.51. The quantitative estimate of drug-likeness (QED) is 0.852. The lowest BCUT2D eigenvalue weighted by Crippen LogP contribution is -2.36. The molecule has 1 aliphatic rings. The lowest BCUT2D eigenvalue weighted by molar-refractivity contribution is 0.560. The molecule has 1 aromatic rings. The van der Waals surface area contributed by atoms with Gasteiger partial charge in [0, 0.05) is 12.6 Å². The van der Waals surface area contributed by atoms with E-state index >= 15 is 0 Å². The summed E-state index contributed by atoms with van der Waals surface area (Å²) in [4.78, 5) is 0.142. The van der Waals surface area contributed by atoms with E-state index in [1.807, 2.05) is 0 Å². The van der Waals surface area contributed by atoms with Crippen molar-refractivity contribution in [3.05, 3.63) is 29.3 Å². The SMILES string of the molecule is O=S(=O)(N[C@@H]1CCNC1)c1ccccc1Cl. The van der Waals surface area contributed by atoms with Gasteiger partial charge in [0.15, 0.2) is 0 Å². The van der Waals surface area contributed by atoms with Crippen LogP contribution in [0.3, 0.4) is 0 Å². The minimum absolute atomic E-state index is 0.0405. The molecule has 0 aromatic heterocycles. The molecule has 0 saturated carbocycles. The van der Waals surface area contributed by atoms with Crippen molar-refractivity contribution in [3.63, 3.8) is 0 Å². The molecule has 1 aromatic carbocycles. The van der Waals surface area contributed by atoms with Gasteiger partial charge in [-0.1, -0.05) is 23.7 Å². The first-order valence-corrected chi connectivity index (χ1v) is 6.93. The van der Waals surface area contributed by atoms with E-state index in [2.05, 4.69) is 10.0 Å². The Morgan fingerprint density at radius 3 is 2.75 bits per heavy atom. The molecule has 2 N–H and O–H groups in total. The van der Waals surface area contributed by atoms with Gasteiger partial charge in [-0.25, -0.2) is 13.1 Å². The predicted molar refractivity (Wildman–Crippen MR) is 63.0 cm³/mol. The zero-order valence-electron chi connectivity index (χ0n) is 8.61. The number of hydrogen-bond acceptors (Lipinski definition) is 3. The highest BCUT2D eigenvalue weighted by Crippen LogP contribution is 2.20. The second-order valence-corrected chi connectivity index (χ2v) is 5.83. The number of nitrogens with one attached hydrogen (secondary N) is 2. The number of hydrogen-bond donors (Lipinski definition) is 2. The van der Waals surface area contributed by atoms with Crippen molar-refractivity contribution in [1.82, 2.24) is 10.0 Å². The van der Waals surface area contributed by atoms with Crippen molar-refractivity contribution in [2.45, 2.75) is 17.4 Å². The van der Waals surface area contributed by atoms with Crippen LogP contribution >= 0.6 is 11.6 Å². The Labute approximate surface area is 100 Å². The zero-order valence-corrected chi connectivity index (χ0v) is 10.2. The van der Waals surface area contributed by atoms with Gasteiger partial charge in [0.2, 0.25) is 10.0 Å². The molecule has 0 unspecified atom stereocenters. The van der Waals surface area contributed by atoms with Crippen molar-refractivity contribution in [1.29, 1.82) is 0 Å². The van der Waals surface area contributed by atoms with Crippen LogP contribution in [-0.4, -0.2) is 27.5 Å². The fraction of sp³-hybridized carbons (Fsp3) is 0.400. The molecule has 1 saturated heterocycles. The molecule has 1 aliphatic heterocycles. The average molecular weight is 261 g/mol. The van der Waals surface area contributed by atoms with Gasteiger partial charge in [-0.05, 0) is 25.1 Å². The highest BCUT2D eigenvalue weighted by Gasteiger charge is 2.23. The Morgan fingerprint density at radius 2 is 2.12 bits per heavy atom. The average Bonchev–Trinajstić information content (AvgIpc) is 2.70. The molecule has 88 valence electrons. The molecule has 2 rings (SSSR count). The van der Waals surface area contributed by atoms with Gasteiger partial charge in [0.05, 0.1) is 5.02 Å². The third-order valence-corrected chi connectivity index (χ3v) is 4.53. The van der Waals surface area contributed by atoms with E-state index in [1.54, 1.807) is 18.2 Å². The standard InChI is InChI=1S/C10H13ClN2O2S/c11-9-3-1-2-4-10(9)16(14,15)13-8-5-6-12-7-8/h1-4,8,12-13H,5-7H2/t8-/m1/s1. The van der Waals surface area contributed by atoms with Crippen molar-refractivity contribution >= 4 is 21.6 Å². The highest BCUT2D eigenvalue weighted by atomic mass is 35.5. The number of benzene rings is 1. The number of sulfonamides is 1. The van der Waals surface area contributed by atoms with Gasteiger partial charge in [-0.2, -0.15) is 0 Å². The van der Waals surface area contributed by atoms with E-state index < -0.39 is 10.0 Å². The molecule has 0 bridgehead atoms. The van der Waals surface area contributed by atoms with Crippen molar-refractivity contribution in [3.8, 4) is 0 Å². The van der Waals surface area contributed by atoms with Crippen molar-refractivity contribution < 1.29 is 8.42 Å². The summed E-state index contributed by atoms with van der Waals surface area (Å²) in [7, 11) is -3.50. The molecule has 0 amide bonds. The van der Waals surface area contributed by atoms with Gasteiger partial charge in [0.1, 0.15) is 4.90 Å². The molecule has 1 heterocycles. The zero-order chi connectivity index (χ0) is 11.6. The van der Waals surface area contributed by atoms with E-state index in [-0.39, 0.29) is 16.0 Å². The number of halogens is 1. The third kappa shape index (κ3) is 2.55. The Morgan fingerprint density at radius 1 is 1.38 bits per heavy atom.